The van der Waals surface area contributed by atoms with Gasteiger partial charge < -0.3 is 69.1 Å². The Hall–Kier alpha value is -8.13. The second kappa shape index (κ2) is 29.3. The van der Waals surface area contributed by atoms with Crippen molar-refractivity contribution in [3.05, 3.63) is 153 Å². The zero-order chi connectivity index (χ0) is 65.5. The van der Waals surface area contributed by atoms with Gasteiger partial charge in [0.25, 0.3) is 16.7 Å². The number of aromatic amines is 3. The van der Waals surface area contributed by atoms with Crippen molar-refractivity contribution in [2.24, 2.45) is 21.1 Å². The average molecular weight is 1400 g/mol. The van der Waals surface area contributed by atoms with E-state index >= 15 is 0 Å². The first-order chi connectivity index (χ1) is 43.8. The third kappa shape index (κ3) is 13.8. The maximum atomic E-state index is 13.6. The molecule has 96 heavy (non-hydrogen) atoms. The highest BCUT2D eigenvalue weighted by molar-refractivity contribution is 5.97. The normalized spacial score (nSPS) is 16.3. The van der Waals surface area contributed by atoms with Gasteiger partial charge in [-0.25, -0.2) is 18.8 Å². The van der Waals surface area contributed by atoms with Crippen LogP contribution in [0.1, 0.15) is 114 Å². The molecule has 2 saturated heterocycles. The van der Waals surface area contributed by atoms with Gasteiger partial charge in [0.05, 0.1) is 17.1 Å². The number of halogens is 5. The number of alkyl halides is 1. The minimum Gasteiger partial charge on any atom is -0.506 e. The number of H-pyrrole nitrogens is 3. The second-order valence-corrected chi connectivity index (χ2v) is 25.9. The van der Waals surface area contributed by atoms with Crippen molar-refractivity contribution in [3.63, 3.8) is 0 Å². The summed E-state index contributed by atoms with van der Waals surface area (Å²) in [5.41, 5.74) is 11.5. The number of hydrogen-bond donors (Lipinski definition) is 9. The van der Waals surface area contributed by atoms with Crippen LogP contribution in [-0.4, -0.2) is 163 Å². The molecule has 0 saturated carbocycles. The number of carboxylic acid groups (broad SMARTS) is 3. The fraction of sp³-hybridized carbons (Fsp3) is 0.391. The van der Waals surface area contributed by atoms with Crippen LogP contribution in [0.15, 0.2) is 69.0 Å². The van der Waals surface area contributed by atoms with E-state index in [4.69, 9.17) is 0 Å². The molecule has 2 fully saturated rings. The van der Waals surface area contributed by atoms with Gasteiger partial charge in [-0.05, 0) is 170 Å². The second-order valence-electron chi connectivity index (χ2n) is 25.9. The predicted octanol–water partition coefficient (Wildman–Crippen LogP) is 9.71. The number of aromatic nitrogens is 6. The fourth-order valence-electron chi connectivity index (χ4n) is 14.6. The van der Waals surface area contributed by atoms with E-state index in [1.54, 1.807) is 0 Å². The van der Waals surface area contributed by atoms with E-state index in [1.807, 2.05) is 40.3 Å². The summed E-state index contributed by atoms with van der Waals surface area (Å²) in [6.45, 7) is 5.72. The summed E-state index contributed by atoms with van der Waals surface area (Å²) in [4.78, 5) is 88.6. The van der Waals surface area contributed by atoms with Gasteiger partial charge in [-0.15, -0.1) is 49.6 Å². The summed E-state index contributed by atoms with van der Waals surface area (Å²) >= 11 is 0. The predicted molar refractivity (Wildman–Crippen MR) is 377 cm³/mol. The molecule has 8 heterocycles. The van der Waals surface area contributed by atoms with Gasteiger partial charge in [0.2, 0.25) is 0 Å². The van der Waals surface area contributed by atoms with Crippen LogP contribution in [-0.2, 0) is 79.3 Å². The van der Waals surface area contributed by atoms with Gasteiger partial charge in [-0.1, -0.05) is 0 Å². The molecule has 3 aliphatic carbocycles. The van der Waals surface area contributed by atoms with Crippen LogP contribution in [0.2, 0.25) is 0 Å². The van der Waals surface area contributed by atoms with Crippen molar-refractivity contribution >= 4 is 100 Å². The molecule has 2 atom stereocenters. The number of likely N-dealkylation sites (N-methyl/N-ethyl adjacent to an activating group) is 1. The summed E-state index contributed by atoms with van der Waals surface area (Å²) in [5.74, 6) is -5.54. The molecule has 0 bridgehead atoms. The fourth-order valence-corrected chi connectivity index (χ4v) is 14.6. The number of nitrogens with one attached hydrogen (secondary N) is 3. The Labute approximate surface area is 576 Å². The van der Waals surface area contributed by atoms with Crippen LogP contribution >= 0.6 is 49.6 Å². The SMILES string of the molecule is CN(C)C1CCN(Cc2cc3cc4c(cc3n2C)CCCc2c-4[nH]c(=O)c(C(=O)O)c2O)C1.CN(C)Cc1cc2cc3c(cc2n1C)CCCc1c-3[nH]c(=O)c(C(=O)O)c1O.Cl.Cl.Cl.Cl.Cn1c(CN2CC[C@@H](F)C2)cc2cc3c(cc21)CCCc1c-3[nH]c(=O)c(C(=O)O)c1O. The Morgan fingerprint density at radius 1 is 0.490 bits per heavy atom. The molecule has 27 heteroatoms. The van der Waals surface area contributed by atoms with E-state index in [9.17, 15) is 63.8 Å². The van der Waals surface area contributed by atoms with Crippen LogP contribution in [0, 0.1) is 0 Å². The maximum absolute atomic E-state index is 13.6. The number of carboxylic acids is 3. The summed E-state index contributed by atoms with van der Waals surface area (Å²) < 4.78 is 20.1. The molecule has 0 amide bonds. The molecule has 6 aromatic heterocycles. The van der Waals surface area contributed by atoms with Gasteiger partial charge >= 0.3 is 17.9 Å². The molecular formula is C69H81Cl4FN10O12. The standard InChI is InChI=1S/C25H30N4O4.C23H24FN3O4.C21H23N3O4.4ClH/c1-27(2)16-7-8-29(12-16)13-17-9-15-10-19-14(11-20(15)28(17)3)5-4-6-18-22(19)26-24(31)21(23(18)30)25(32)33;1-26-15(11-27-6-5-14(24)10-27)7-13-8-17-12(9-18(13)26)3-2-4-16-20(17)25-22(29)19(21(16)28)23(30)31;1-23(2)10-13-7-12-8-15-11(9-16(12)24(13)3)5-4-6-14-18(15)22-20(26)17(19(14)25)21(27)28;;;;/h9-11,16H,4-8,12-13H2,1-3H3,(H,32,33)(H2,26,30,31);7-9,14H,2-6,10-11H2,1H3,(H,30,31)(H2,25,28,29);7-9H,4-6,10H2,1-3H3,(H,27,28)(H2,22,25,26);4*1H/t;14-;;;;;/m.1...../s1. The summed E-state index contributed by atoms with van der Waals surface area (Å²) in [6.07, 6.45) is 7.08. The highest BCUT2D eigenvalue weighted by atomic mass is 35.5. The topological polar surface area (TPSA) is 299 Å². The number of likely N-dealkylation sites (tertiary alicyclic amines) is 2. The number of benzene rings is 3. The lowest BCUT2D eigenvalue weighted by Gasteiger charge is -2.20. The molecule has 5 aliphatic rings. The van der Waals surface area contributed by atoms with Crippen LogP contribution in [0.25, 0.3) is 66.5 Å². The number of carbonyl (C=O) groups is 3. The smallest absolute Gasteiger partial charge is 0.345 e. The van der Waals surface area contributed by atoms with Crippen LogP contribution in [0.5, 0.6) is 17.2 Å². The first-order valence-electron chi connectivity index (χ1n) is 31.2. The Bertz CT molecular complexity index is 4720. The Kier molecular flexibility index (Phi) is 22.5. The average Bonchev–Trinajstić information content (AvgIpc) is 1.52. The van der Waals surface area contributed by atoms with Crippen molar-refractivity contribution < 1.29 is 49.4 Å². The van der Waals surface area contributed by atoms with E-state index in [0.717, 1.165) is 143 Å². The lowest BCUT2D eigenvalue weighted by Crippen LogP contribution is -2.31. The third-order valence-corrected chi connectivity index (χ3v) is 19.5. The Balaban J connectivity index is 0.000000181. The molecule has 0 spiro atoms. The van der Waals surface area contributed by atoms with E-state index < -0.39 is 74.7 Å². The number of pyridine rings is 3. The van der Waals surface area contributed by atoms with Crippen molar-refractivity contribution in [2.45, 2.75) is 102 Å². The highest BCUT2D eigenvalue weighted by Crippen LogP contribution is 2.42. The third-order valence-electron chi connectivity index (χ3n) is 19.5. The number of rotatable bonds is 10. The maximum Gasteiger partial charge on any atom is 0.345 e. The largest absolute Gasteiger partial charge is 0.506 e. The number of fused-ring (bicyclic) bond motifs is 12. The Morgan fingerprint density at radius 2 is 0.823 bits per heavy atom. The molecule has 0 radical (unpaired) electrons. The van der Waals surface area contributed by atoms with Gasteiger partial charge in [-0.3, -0.25) is 24.2 Å². The van der Waals surface area contributed by atoms with Crippen LogP contribution < -0.4 is 16.7 Å². The molecule has 9 aromatic rings. The zero-order valence-corrected chi connectivity index (χ0v) is 57.6. The van der Waals surface area contributed by atoms with Gasteiger partial charge in [0.15, 0.2) is 16.7 Å². The van der Waals surface area contributed by atoms with Crippen molar-refractivity contribution in [1.82, 2.24) is 48.3 Å². The molecular weight excluding hydrogens is 1320 g/mol. The Morgan fingerprint density at radius 3 is 1.14 bits per heavy atom. The summed E-state index contributed by atoms with van der Waals surface area (Å²) in [5, 5.41) is 62.7. The van der Waals surface area contributed by atoms with Gasteiger partial charge in [-0.2, -0.15) is 0 Å². The number of aromatic hydroxyl groups is 3. The van der Waals surface area contributed by atoms with Crippen molar-refractivity contribution in [2.75, 3.05) is 54.4 Å². The minimum atomic E-state index is -1.44. The van der Waals surface area contributed by atoms with E-state index in [0.29, 0.717) is 78.6 Å². The molecule has 2 aliphatic heterocycles. The van der Waals surface area contributed by atoms with Crippen LogP contribution in [0.3, 0.4) is 0 Å². The lowest BCUT2D eigenvalue weighted by atomic mass is 9.98. The monoisotopic (exact) mass is 1400 g/mol. The number of hydrogen-bond acceptors (Lipinski definition) is 13. The summed E-state index contributed by atoms with van der Waals surface area (Å²) in [6, 6.07) is 19.5. The molecule has 22 nitrogen and oxygen atoms in total. The first-order valence-corrected chi connectivity index (χ1v) is 31.2. The van der Waals surface area contributed by atoms with Gasteiger partial charge in [0, 0.05) is 156 Å². The summed E-state index contributed by atoms with van der Waals surface area (Å²) in [7, 11) is 14.5. The highest BCUT2D eigenvalue weighted by Gasteiger charge is 2.32. The number of nitrogens with zero attached hydrogens (tertiary/aromatic N) is 7. The molecule has 14 rings (SSSR count). The van der Waals surface area contributed by atoms with Gasteiger partial charge in [0.1, 0.15) is 23.4 Å². The molecule has 3 aromatic carbocycles. The number of aryl methyl sites for hydroxylation is 6. The number of aromatic carboxylic acids is 3. The van der Waals surface area contributed by atoms with E-state index in [2.05, 4.69) is 112 Å². The minimum absolute atomic E-state index is 0. The zero-order valence-electron chi connectivity index (χ0n) is 54.4. The van der Waals surface area contributed by atoms with E-state index in [-0.39, 0.29) is 49.6 Å². The van der Waals surface area contributed by atoms with Crippen LogP contribution in [0.4, 0.5) is 4.39 Å². The first kappa shape index (κ1) is 73.7. The molecule has 514 valence electrons. The van der Waals surface area contributed by atoms with Crippen molar-refractivity contribution in [3.8, 4) is 51.0 Å². The lowest BCUT2D eigenvalue weighted by molar-refractivity contribution is 0.0680. The quantitative estimate of drug-likeness (QED) is 0.0615. The molecule has 9 N–H and O–H groups in total. The molecule has 1 unspecified atom stereocenters. The van der Waals surface area contributed by atoms with Crippen molar-refractivity contribution in [1.29, 1.82) is 0 Å². The van der Waals surface area contributed by atoms with E-state index in [1.165, 1.54) is 17.8 Å².